The van der Waals surface area contributed by atoms with Crippen LogP contribution in [-0.4, -0.2) is 34.0 Å². The number of carboxylic acids is 1. The lowest BCUT2D eigenvalue weighted by atomic mass is 9.90. The lowest BCUT2D eigenvalue weighted by Crippen LogP contribution is -2.21. The predicted molar refractivity (Wildman–Crippen MR) is 69.3 cm³/mol. The number of carboxylic acid groups (broad SMARTS) is 1. The Morgan fingerprint density at radius 3 is 2.39 bits per heavy atom. The second-order valence-corrected chi connectivity index (χ2v) is 5.45. The number of hydrogen-bond donors (Lipinski definition) is 3. The fourth-order valence-electron chi connectivity index (χ4n) is 2.97. The van der Waals surface area contributed by atoms with E-state index >= 15 is 0 Å². The van der Waals surface area contributed by atoms with Gasteiger partial charge in [0.15, 0.2) is 0 Å². The Bertz CT molecular complexity index is 242. The Labute approximate surface area is 109 Å². The van der Waals surface area contributed by atoms with Gasteiger partial charge in [-0.3, -0.25) is 4.79 Å². The smallest absolute Gasteiger partial charge is 0.303 e. The van der Waals surface area contributed by atoms with Crippen LogP contribution in [0.15, 0.2) is 0 Å². The summed E-state index contributed by atoms with van der Waals surface area (Å²) in [5.74, 6) is -0.157. The molecule has 1 rings (SSSR count). The molecule has 0 heterocycles. The number of aliphatic hydroxyl groups excluding tert-OH is 2. The minimum absolute atomic E-state index is 0.195. The van der Waals surface area contributed by atoms with Gasteiger partial charge in [0.25, 0.3) is 0 Å². The maximum Gasteiger partial charge on any atom is 0.303 e. The molecule has 4 nitrogen and oxygen atoms in total. The molecule has 106 valence electrons. The molecule has 0 radical (unpaired) electrons. The third-order valence-corrected chi connectivity index (χ3v) is 4.10. The third kappa shape index (κ3) is 5.36. The van der Waals surface area contributed by atoms with Crippen molar-refractivity contribution in [3.05, 3.63) is 0 Å². The fourth-order valence-corrected chi connectivity index (χ4v) is 2.97. The summed E-state index contributed by atoms with van der Waals surface area (Å²) in [7, 11) is 0. The molecule has 0 saturated heterocycles. The summed E-state index contributed by atoms with van der Waals surface area (Å²) >= 11 is 0. The zero-order valence-electron chi connectivity index (χ0n) is 11.1. The van der Waals surface area contributed by atoms with Crippen molar-refractivity contribution >= 4 is 5.97 Å². The van der Waals surface area contributed by atoms with Crippen molar-refractivity contribution in [3.8, 4) is 0 Å². The zero-order chi connectivity index (χ0) is 13.4. The quantitative estimate of drug-likeness (QED) is 0.554. The van der Waals surface area contributed by atoms with E-state index in [0.717, 1.165) is 51.4 Å². The van der Waals surface area contributed by atoms with Gasteiger partial charge < -0.3 is 15.3 Å². The average molecular weight is 258 g/mol. The summed E-state index contributed by atoms with van der Waals surface area (Å²) in [4.78, 5) is 10.3. The standard InChI is InChI=1S/C14H26O4/c15-10-11-8-9-13(16)12(11)6-4-2-1-3-5-7-14(17)18/h11-13,15-16H,1-10H2,(H,17,18). The number of unbranched alkanes of at least 4 members (excludes halogenated alkanes) is 4. The molecule has 1 aliphatic rings. The normalized spacial score (nSPS) is 27.6. The van der Waals surface area contributed by atoms with E-state index in [4.69, 9.17) is 5.11 Å². The van der Waals surface area contributed by atoms with Crippen molar-refractivity contribution in [1.29, 1.82) is 0 Å². The van der Waals surface area contributed by atoms with Gasteiger partial charge in [-0.2, -0.15) is 0 Å². The van der Waals surface area contributed by atoms with E-state index in [1.165, 1.54) is 0 Å². The van der Waals surface area contributed by atoms with Gasteiger partial charge in [0.1, 0.15) is 0 Å². The van der Waals surface area contributed by atoms with Gasteiger partial charge in [0, 0.05) is 13.0 Å². The highest BCUT2D eigenvalue weighted by molar-refractivity contribution is 5.66. The molecule has 0 aromatic heterocycles. The Morgan fingerprint density at radius 1 is 1.06 bits per heavy atom. The molecule has 1 fully saturated rings. The Kier molecular flexibility index (Phi) is 7.28. The molecule has 3 atom stereocenters. The van der Waals surface area contributed by atoms with Crippen molar-refractivity contribution in [2.45, 2.75) is 63.9 Å². The molecule has 0 amide bonds. The van der Waals surface area contributed by atoms with Crippen molar-refractivity contribution in [1.82, 2.24) is 0 Å². The number of rotatable bonds is 9. The van der Waals surface area contributed by atoms with Gasteiger partial charge in [-0.1, -0.05) is 25.7 Å². The van der Waals surface area contributed by atoms with Crippen LogP contribution in [0.2, 0.25) is 0 Å². The molecule has 0 aromatic carbocycles. The molecule has 4 heteroatoms. The molecular weight excluding hydrogens is 232 g/mol. The van der Waals surface area contributed by atoms with Crippen molar-refractivity contribution in [3.63, 3.8) is 0 Å². The van der Waals surface area contributed by atoms with Crippen LogP contribution in [0.25, 0.3) is 0 Å². The number of aliphatic carboxylic acids is 1. The van der Waals surface area contributed by atoms with Crippen LogP contribution in [0.5, 0.6) is 0 Å². The molecule has 18 heavy (non-hydrogen) atoms. The molecule has 0 spiro atoms. The van der Waals surface area contributed by atoms with E-state index in [2.05, 4.69) is 0 Å². The lowest BCUT2D eigenvalue weighted by Gasteiger charge is -2.20. The number of carbonyl (C=O) groups is 1. The summed E-state index contributed by atoms with van der Waals surface area (Å²) in [6, 6.07) is 0. The highest BCUT2D eigenvalue weighted by Gasteiger charge is 2.33. The first-order valence-electron chi connectivity index (χ1n) is 7.16. The zero-order valence-corrected chi connectivity index (χ0v) is 11.1. The molecule has 0 aromatic rings. The van der Waals surface area contributed by atoms with Crippen LogP contribution in [0.3, 0.4) is 0 Å². The van der Waals surface area contributed by atoms with Crippen LogP contribution in [0, 0.1) is 11.8 Å². The van der Waals surface area contributed by atoms with Crippen LogP contribution in [-0.2, 0) is 4.79 Å². The van der Waals surface area contributed by atoms with E-state index < -0.39 is 5.97 Å². The first kappa shape index (κ1) is 15.4. The first-order valence-corrected chi connectivity index (χ1v) is 7.16. The second kappa shape index (κ2) is 8.48. The third-order valence-electron chi connectivity index (χ3n) is 4.10. The van der Waals surface area contributed by atoms with E-state index in [-0.39, 0.29) is 31.0 Å². The summed E-state index contributed by atoms with van der Waals surface area (Å²) in [5.41, 5.74) is 0. The predicted octanol–water partition coefficient (Wildman–Crippen LogP) is 2.18. The largest absolute Gasteiger partial charge is 0.481 e. The van der Waals surface area contributed by atoms with Gasteiger partial charge in [-0.25, -0.2) is 0 Å². The van der Waals surface area contributed by atoms with E-state index in [1.54, 1.807) is 0 Å². The van der Waals surface area contributed by atoms with Gasteiger partial charge >= 0.3 is 5.97 Å². The molecule has 0 aliphatic heterocycles. The number of hydrogen-bond acceptors (Lipinski definition) is 3. The van der Waals surface area contributed by atoms with Crippen molar-refractivity contribution in [2.24, 2.45) is 11.8 Å². The van der Waals surface area contributed by atoms with Crippen LogP contribution < -0.4 is 0 Å². The van der Waals surface area contributed by atoms with Crippen LogP contribution in [0.1, 0.15) is 57.8 Å². The molecule has 3 N–H and O–H groups in total. The van der Waals surface area contributed by atoms with E-state index in [9.17, 15) is 15.0 Å². The highest BCUT2D eigenvalue weighted by Crippen LogP contribution is 2.35. The highest BCUT2D eigenvalue weighted by atomic mass is 16.4. The molecule has 0 bridgehead atoms. The maximum absolute atomic E-state index is 10.3. The van der Waals surface area contributed by atoms with E-state index in [1.807, 2.05) is 0 Å². The lowest BCUT2D eigenvalue weighted by molar-refractivity contribution is -0.137. The topological polar surface area (TPSA) is 77.8 Å². The average Bonchev–Trinajstić information content (AvgIpc) is 2.69. The number of aliphatic hydroxyl groups is 2. The van der Waals surface area contributed by atoms with Crippen molar-refractivity contribution < 1.29 is 20.1 Å². The minimum atomic E-state index is -0.713. The first-order chi connectivity index (χ1) is 8.65. The summed E-state index contributed by atoms with van der Waals surface area (Å²) < 4.78 is 0. The van der Waals surface area contributed by atoms with Gasteiger partial charge in [-0.05, 0) is 37.5 Å². The Morgan fingerprint density at radius 2 is 1.72 bits per heavy atom. The molecule has 1 aliphatic carbocycles. The summed E-state index contributed by atoms with van der Waals surface area (Å²) in [6.45, 7) is 0.195. The summed E-state index contributed by atoms with van der Waals surface area (Å²) in [5, 5.41) is 27.5. The SMILES string of the molecule is O=C(O)CCCCCCCC1C(O)CCC1CO. The Hall–Kier alpha value is -0.610. The van der Waals surface area contributed by atoms with Crippen molar-refractivity contribution in [2.75, 3.05) is 6.61 Å². The van der Waals surface area contributed by atoms with Gasteiger partial charge in [0.2, 0.25) is 0 Å². The second-order valence-electron chi connectivity index (χ2n) is 5.45. The molecule has 1 saturated carbocycles. The van der Waals surface area contributed by atoms with E-state index in [0.29, 0.717) is 0 Å². The monoisotopic (exact) mass is 258 g/mol. The van der Waals surface area contributed by atoms with Gasteiger partial charge in [-0.15, -0.1) is 0 Å². The van der Waals surface area contributed by atoms with Crippen LogP contribution in [0.4, 0.5) is 0 Å². The molecule has 3 unspecified atom stereocenters. The minimum Gasteiger partial charge on any atom is -0.481 e. The van der Waals surface area contributed by atoms with Gasteiger partial charge in [0.05, 0.1) is 6.10 Å². The fraction of sp³-hybridized carbons (Fsp3) is 0.929. The summed E-state index contributed by atoms with van der Waals surface area (Å²) in [6.07, 6.45) is 7.79. The van der Waals surface area contributed by atoms with Crippen LogP contribution >= 0.6 is 0 Å². The Balaban J connectivity index is 2.01. The maximum atomic E-state index is 10.3. The molecular formula is C14H26O4.